The number of rotatable bonds is 8. The van der Waals surface area contributed by atoms with E-state index in [0.717, 1.165) is 66.5 Å². The third kappa shape index (κ3) is 5.72. The molecule has 1 aliphatic rings. The van der Waals surface area contributed by atoms with E-state index in [1.165, 1.54) is 22.4 Å². The Morgan fingerprint density at radius 2 is 1.82 bits per heavy atom. The van der Waals surface area contributed by atoms with Gasteiger partial charge in [-0.05, 0) is 61.7 Å². The van der Waals surface area contributed by atoms with Crippen LogP contribution in [0.3, 0.4) is 0 Å². The van der Waals surface area contributed by atoms with E-state index in [1.54, 1.807) is 0 Å². The van der Waals surface area contributed by atoms with E-state index in [9.17, 15) is 9.90 Å². The molecule has 1 saturated heterocycles. The minimum atomic E-state index is -0.635. The van der Waals surface area contributed by atoms with Crippen molar-refractivity contribution in [1.29, 1.82) is 0 Å². The minimum absolute atomic E-state index is 0.138. The van der Waals surface area contributed by atoms with Gasteiger partial charge in [-0.2, -0.15) is 0 Å². The number of piperazine rings is 1. The summed E-state index contributed by atoms with van der Waals surface area (Å²) < 4.78 is 0. The highest BCUT2D eigenvalue weighted by Gasteiger charge is 2.22. The first-order chi connectivity index (χ1) is 18.4. The molecular formula is C30H35N5O2S. The van der Waals surface area contributed by atoms with Crippen molar-refractivity contribution >= 4 is 39.5 Å². The number of amides is 1. The topological polar surface area (TPSA) is 81.6 Å². The molecule has 0 saturated carbocycles. The minimum Gasteiger partial charge on any atom is -0.387 e. The number of aliphatic hydroxyl groups excluding tert-OH is 1. The first-order valence-corrected chi connectivity index (χ1v) is 14.2. The Morgan fingerprint density at radius 1 is 1.03 bits per heavy atom. The highest BCUT2D eigenvalue weighted by molar-refractivity contribution is 7.13. The maximum absolute atomic E-state index is 12.9. The molecule has 2 aromatic carbocycles. The standard InChI is InChI=1S/C30H35N5O2S/c1-4-24-29(38-28(5-2)33-24)30(37)32-22-9-6-8-21(18-22)27(36)19-34-14-16-35(17-15-34)26-11-7-10-25-23(26)13-12-20(3)31-25/h6-13,18,27,36H,4-5,14-17,19H2,1-3H3,(H,32,37). The van der Waals surface area contributed by atoms with E-state index < -0.39 is 6.10 Å². The van der Waals surface area contributed by atoms with E-state index >= 15 is 0 Å². The van der Waals surface area contributed by atoms with Crippen LogP contribution in [0, 0.1) is 6.92 Å². The summed E-state index contributed by atoms with van der Waals surface area (Å²) in [6, 6.07) is 18.1. The fraction of sp³-hybridized carbons (Fsp3) is 0.367. The normalized spacial score (nSPS) is 15.1. The van der Waals surface area contributed by atoms with Gasteiger partial charge < -0.3 is 15.3 Å². The second-order valence-corrected chi connectivity index (χ2v) is 10.9. The van der Waals surface area contributed by atoms with Gasteiger partial charge in [0.05, 0.1) is 22.3 Å². The molecule has 198 valence electrons. The molecule has 0 aliphatic carbocycles. The van der Waals surface area contributed by atoms with Crippen molar-refractivity contribution in [2.45, 2.75) is 39.7 Å². The molecule has 2 N–H and O–H groups in total. The second kappa shape index (κ2) is 11.6. The van der Waals surface area contributed by atoms with Crippen LogP contribution in [0.4, 0.5) is 11.4 Å². The molecule has 0 spiro atoms. The number of thiazole rings is 1. The average molecular weight is 530 g/mol. The van der Waals surface area contributed by atoms with Gasteiger partial charge in [0.25, 0.3) is 5.91 Å². The predicted molar refractivity (Wildman–Crippen MR) is 155 cm³/mol. The zero-order chi connectivity index (χ0) is 26.6. The first-order valence-electron chi connectivity index (χ1n) is 13.4. The van der Waals surface area contributed by atoms with Crippen LogP contribution in [-0.4, -0.2) is 58.6 Å². The number of nitrogens with one attached hydrogen (secondary N) is 1. The fourth-order valence-corrected chi connectivity index (χ4v) is 6.01. The Balaban J connectivity index is 1.20. The summed E-state index contributed by atoms with van der Waals surface area (Å²) in [6.07, 6.45) is 0.909. The zero-order valence-corrected chi connectivity index (χ0v) is 23.1. The molecule has 3 heterocycles. The van der Waals surface area contributed by atoms with Gasteiger partial charge in [-0.15, -0.1) is 11.3 Å². The van der Waals surface area contributed by atoms with Crippen molar-refractivity contribution in [3.63, 3.8) is 0 Å². The van der Waals surface area contributed by atoms with Crippen LogP contribution >= 0.6 is 11.3 Å². The Kier molecular flexibility index (Phi) is 8.02. The van der Waals surface area contributed by atoms with E-state index in [0.29, 0.717) is 17.1 Å². The molecule has 2 aromatic heterocycles. The third-order valence-corrected chi connectivity index (χ3v) is 8.35. The van der Waals surface area contributed by atoms with E-state index in [-0.39, 0.29) is 5.91 Å². The van der Waals surface area contributed by atoms with Crippen molar-refractivity contribution in [2.24, 2.45) is 0 Å². The summed E-state index contributed by atoms with van der Waals surface area (Å²) in [4.78, 5) is 27.6. The van der Waals surface area contributed by atoms with Crippen LogP contribution < -0.4 is 10.2 Å². The fourth-order valence-electron chi connectivity index (χ4n) is 5.02. The van der Waals surface area contributed by atoms with Crippen molar-refractivity contribution in [3.8, 4) is 0 Å². The summed E-state index contributed by atoms with van der Waals surface area (Å²) in [7, 11) is 0. The van der Waals surface area contributed by atoms with Crippen LogP contribution in [-0.2, 0) is 12.8 Å². The third-order valence-electron chi connectivity index (χ3n) is 7.11. The molecule has 0 radical (unpaired) electrons. The summed E-state index contributed by atoms with van der Waals surface area (Å²) in [5.41, 5.74) is 5.60. The Labute approximate surface area is 228 Å². The highest BCUT2D eigenvalue weighted by atomic mass is 32.1. The van der Waals surface area contributed by atoms with Gasteiger partial charge >= 0.3 is 0 Å². The van der Waals surface area contributed by atoms with Gasteiger partial charge in [0, 0.05) is 55.2 Å². The van der Waals surface area contributed by atoms with Crippen molar-refractivity contribution in [3.05, 3.63) is 81.4 Å². The smallest absolute Gasteiger partial charge is 0.267 e. The van der Waals surface area contributed by atoms with Crippen LogP contribution in [0.25, 0.3) is 10.9 Å². The first kappa shape index (κ1) is 26.3. The van der Waals surface area contributed by atoms with Crippen LogP contribution in [0.1, 0.15) is 51.6 Å². The number of anilines is 2. The molecule has 5 rings (SSSR count). The lowest BCUT2D eigenvalue weighted by atomic mass is 10.1. The number of carbonyl (C=O) groups is 1. The van der Waals surface area contributed by atoms with Crippen molar-refractivity contribution < 1.29 is 9.90 Å². The molecule has 7 nitrogen and oxygen atoms in total. The molecular weight excluding hydrogens is 494 g/mol. The van der Waals surface area contributed by atoms with Gasteiger partial charge in [0.2, 0.25) is 0 Å². The van der Waals surface area contributed by atoms with Crippen LogP contribution in [0.2, 0.25) is 0 Å². The average Bonchev–Trinajstić information content (AvgIpc) is 3.37. The monoisotopic (exact) mass is 529 g/mol. The number of fused-ring (bicyclic) bond motifs is 1. The summed E-state index contributed by atoms with van der Waals surface area (Å²) in [5, 5.41) is 16.2. The Hall–Kier alpha value is -3.33. The predicted octanol–water partition coefficient (Wildman–Crippen LogP) is 5.23. The zero-order valence-electron chi connectivity index (χ0n) is 22.3. The summed E-state index contributed by atoms with van der Waals surface area (Å²) in [6.45, 7) is 10.2. The molecule has 8 heteroatoms. The number of carbonyl (C=O) groups excluding carboxylic acids is 1. The lowest BCUT2D eigenvalue weighted by molar-refractivity contribution is 0.102. The molecule has 38 heavy (non-hydrogen) atoms. The van der Waals surface area contributed by atoms with Gasteiger partial charge in [-0.3, -0.25) is 14.7 Å². The molecule has 1 amide bonds. The summed E-state index contributed by atoms with van der Waals surface area (Å²) >= 11 is 1.46. The SMILES string of the molecule is CCc1nc(CC)c(C(=O)Nc2cccc(C(O)CN3CCN(c4cccc5nc(C)ccc45)CC3)c2)s1. The maximum Gasteiger partial charge on any atom is 0.267 e. The number of hydrogen-bond donors (Lipinski definition) is 2. The number of benzene rings is 2. The van der Waals surface area contributed by atoms with Crippen molar-refractivity contribution in [2.75, 3.05) is 42.9 Å². The number of β-amino-alcohol motifs (C(OH)–C–C–N with tert-alkyl or cyclic N) is 1. The lowest BCUT2D eigenvalue weighted by Gasteiger charge is -2.37. The quantitative estimate of drug-likeness (QED) is 0.325. The van der Waals surface area contributed by atoms with Gasteiger partial charge in [0.15, 0.2) is 0 Å². The van der Waals surface area contributed by atoms with E-state index in [4.69, 9.17) is 0 Å². The maximum atomic E-state index is 12.9. The lowest BCUT2D eigenvalue weighted by Crippen LogP contribution is -2.47. The largest absolute Gasteiger partial charge is 0.387 e. The van der Waals surface area contributed by atoms with Gasteiger partial charge in [0.1, 0.15) is 4.88 Å². The molecule has 1 unspecified atom stereocenters. The highest BCUT2D eigenvalue weighted by Crippen LogP contribution is 2.28. The second-order valence-electron chi connectivity index (χ2n) is 9.77. The van der Waals surface area contributed by atoms with Crippen LogP contribution in [0.5, 0.6) is 0 Å². The number of aromatic nitrogens is 2. The van der Waals surface area contributed by atoms with Gasteiger partial charge in [-0.25, -0.2) is 4.98 Å². The van der Waals surface area contributed by atoms with Gasteiger partial charge in [-0.1, -0.05) is 32.0 Å². The number of aryl methyl sites for hydroxylation is 3. The Morgan fingerprint density at radius 3 is 2.58 bits per heavy atom. The number of aliphatic hydroxyl groups is 1. The number of hydrogen-bond acceptors (Lipinski definition) is 7. The number of pyridine rings is 1. The summed E-state index contributed by atoms with van der Waals surface area (Å²) in [5.74, 6) is -0.138. The molecule has 4 aromatic rings. The van der Waals surface area contributed by atoms with Crippen LogP contribution in [0.15, 0.2) is 54.6 Å². The Bertz CT molecular complexity index is 1430. The molecule has 1 fully saturated rings. The van der Waals surface area contributed by atoms with E-state index in [1.807, 2.05) is 45.0 Å². The van der Waals surface area contributed by atoms with E-state index in [2.05, 4.69) is 55.4 Å². The molecule has 1 atom stereocenters. The molecule has 1 aliphatic heterocycles. The number of nitrogens with zero attached hydrogens (tertiary/aromatic N) is 4. The van der Waals surface area contributed by atoms with Crippen molar-refractivity contribution in [1.82, 2.24) is 14.9 Å². The molecule has 0 bridgehead atoms.